The first-order valence-corrected chi connectivity index (χ1v) is 8.16. The van der Waals surface area contributed by atoms with Gasteiger partial charge in [-0.25, -0.2) is 0 Å². The van der Waals surface area contributed by atoms with E-state index in [0.29, 0.717) is 18.4 Å². The van der Waals surface area contributed by atoms with Crippen LogP contribution in [0.3, 0.4) is 0 Å². The van der Waals surface area contributed by atoms with Crippen molar-refractivity contribution in [3.63, 3.8) is 0 Å². The molecule has 0 radical (unpaired) electrons. The van der Waals surface area contributed by atoms with E-state index in [1.54, 1.807) is 0 Å². The second kappa shape index (κ2) is 6.83. The second-order valence-electron chi connectivity index (χ2n) is 6.33. The Kier molecular flexibility index (Phi) is 4.61. The highest BCUT2D eigenvalue weighted by Gasteiger charge is 2.27. The van der Waals surface area contributed by atoms with Gasteiger partial charge in [0.05, 0.1) is 11.3 Å². The van der Waals surface area contributed by atoms with Crippen molar-refractivity contribution in [1.29, 1.82) is 0 Å². The van der Waals surface area contributed by atoms with Gasteiger partial charge >= 0.3 is 0 Å². The van der Waals surface area contributed by atoms with Crippen LogP contribution in [0.15, 0.2) is 64.9 Å². The third kappa shape index (κ3) is 3.46. The van der Waals surface area contributed by atoms with Gasteiger partial charge in [-0.2, -0.15) is 0 Å². The number of carbonyl (C=O) groups is 1. The van der Waals surface area contributed by atoms with Gasteiger partial charge in [-0.3, -0.25) is 9.79 Å². The van der Waals surface area contributed by atoms with Gasteiger partial charge in [0.2, 0.25) is 0 Å². The van der Waals surface area contributed by atoms with Crippen LogP contribution in [0, 0.1) is 13.8 Å². The molecule has 0 aromatic heterocycles. The zero-order valence-electron chi connectivity index (χ0n) is 14.0. The molecule has 1 atom stereocenters. The minimum Gasteiger partial charge on any atom is -0.511 e. The van der Waals surface area contributed by atoms with Crippen LogP contribution in [0.1, 0.15) is 35.4 Å². The number of nitrogens with zero attached hydrogens (tertiary/aromatic N) is 1. The molecule has 2 aromatic carbocycles. The van der Waals surface area contributed by atoms with Crippen LogP contribution in [0.4, 0.5) is 5.69 Å². The maximum atomic E-state index is 12.4. The first-order chi connectivity index (χ1) is 11.5. The van der Waals surface area contributed by atoms with Crippen molar-refractivity contribution in [3.05, 3.63) is 76.6 Å². The van der Waals surface area contributed by atoms with E-state index in [-0.39, 0.29) is 17.5 Å². The van der Waals surface area contributed by atoms with Gasteiger partial charge in [-0.1, -0.05) is 36.4 Å². The third-order valence-electron chi connectivity index (χ3n) is 4.59. The number of aliphatic imine (C=N–C) groups is 1. The number of benzene rings is 2. The van der Waals surface area contributed by atoms with E-state index in [0.717, 1.165) is 16.8 Å². The number of rotatable bonds is 3. The van der Waals surface area contributed by atoms with Gasteiger partial charge in [0.15, 0.2) is 5.78 Å². The van der Waals surface area contributed by atoms with Crippen LogP contribution in [0.2, 0.25) is 0 Å². The number of hydrogen-bond acceptors (Lipinski definition) is 3. The maximum Gasteiger partial charge on any atom is 0.168 e. The highest BCUT2D eigenvalue weighted by molar-refractivity contribution is 6.15. The second-order valence-corrected chi connectivity index (χ2v) is 6.33. The minimum absolute atomic E-state index is 0.0393. The summed E-state index contributed by atoms with van der Waals surface area (Å²) in [4.78, 5) is 16.8. The molecule has 0 amide bonds. The van der Waals surface area contributed by atoms with Crippen molar-refractivity contribution in [2.45, 2.75) is 32.6 Å². The van der Waals surface area contributed by atoms with Gasteiger partial charge in [0.1, 0.15) is 5.76 Å². The average Bonchev–Trinajstić information content (AvgIpc) is 2.58. The van der Waals surface area contributed by atoms with Gasteiger partial charge in [0, 0.05) is 19.1 Å². The van der Waals surface area contributed by atoms with Crippen molar-refractivity contribution < 1.29 is 9.90 Å². The Hall–Kier alpha value is -2.68. The Morgan fingerprint density at radius 1 is 1.04 bits per heavy atom. The minimum atomic E-state index is -0.0554. The summed E-state index contributed by atoms with van der Waals surface area (Å²) in [6.45, 7) is 4.08. The molecule has 3 heteroatoms. The molecular weight excluding hydrogens is 298 g/mol. The van der Waals surface area contributed by atoms with Gasteiger partial charge in [-0.05, 0) is 48.6 Å². The lowest BCUT2D eigenvalue weighted by molar-refractivity contribution is -0.116. The molecule has 0 spiro atoms. The lowest BCUT2D eigenvalue weighted by atomic mass is 9.83. The molecule has 24 heavy (non-hydrogen) atoms. The summed E-state index contributed by atoms with van der Waals surface area (Å²) in [6, 6.07) is 15.8. The zero-order valence-corrected chi connectivity index (χ0v) is 14.0. The summed E-state index contributed by atoms with van der Waals surface area (Å²) in [5, 5.41) is 10.3. The number of carbonyl (C=O) groups excluding carboxylic acids is 1. The normalized spacial score (nSPS) is 18.4. The molecule has 3 nitrogen and oxygen atoms in total. The van der Waals surface area contributed by atoms with Crippen LogP contribution >= 0.6 is 0 Å². The average molecular weight is 319 g/mol. The molecular formula is C21H21NO2. The highest BCUT2D eigenvalue weighted by atomic mass is 16.3. The largest absolute Gasteiger partial charge is 0.511 e. The van der Waals surface area contributed by atoms with E-state index in [1.165, 1.54) is 11.8 Å². The van der Waals surface area contributed by atoms with Gasteiger partial charge in [-0.15, -0.1) is 0 Å². The Bertz CT molecular complexity index is 819. The Balaban J connectivity index is 1.81. The summed E-state index contributed by atoms with van der Waals surface area (Å²) >= 11 is 0. The fraction of sp³-hybridized carbons (Fsp3) is 0.238. The van der Waals surface area contributed by atoms with E-state index < -0.39 is 0 Å². The molecule has 122 valence electrons. The topological polar surface area (TPSA) is 49.7 Å². The molecule has 1 unspecified atom stereocenters. The fourth-order valence-electron chi connectivity index (χ4n) is 2.96. The Morgan fingerprint density at radius 3 is 2.46 bits per heavy atom. The summed E-state index contributed by atoms with van der Waals surface area (Å²) < 4.78 is 0. The number of aliphatic hydroxyl groups excluding tert-OH is 1. The van der Waals surface area contributed by atoms with Gasteiger partial charge < -0.3 is 5.11 Å². The van der Waals surface area contributed by atoms with Crippen molar-refractivity contribution in [2.24, 2.45) is 4.99 Å². The zero-order chi connectivity index (χ0) is 17.1. The SMILES string of the molecule is Cc1ccc(N=CC2=C(O)CC(c3ccccc3)CC2=O)cc1C. The monoisotopic (exact) mass is 319 g/mol. The molecule has 0 heterocycles. The molecule has 2 aromatic rings. The molecule has 0 fully saturated rings. The predicted octanol–water partition coefficient (Wildman–Crippen LogP) is 4.96. The molecule has 1 N–H and O–H groups in total. The maximum absolute atomic E-state index is 12.4. The lowest BCUT2D eigenvalue weighted by Crippen LogP contribution is -2.19. The third-order valence-corrected chi connectivity index (χ3v) is 4.59. The molecule has 3 rings (SSSR count). The predicted molar refractivity (Wildman–Crippen MR) is 97.1 cm³/mol. The summed E-state index contributed by atoms with van der Waals surface area (Å²) in [6.07, 6.45) is 2.38. The standard InChI is InChI=1S/C21H21NO2/c1-14-8-9-18(10-15(14)2)22-13-19-20(23)11-17(12-21(19)24)16-6-4-3-5-7-16/h3-10,13,17,23H,11-12H2,1-2H3. The number of Topliss-reactive ketones (excluding diaryl/α,β-unsaturated/α-hetero) is 1. The summed E-state index contributed by atoms with van der Waals surface area (Å²) in [5.41, 5.74) is 4.57. The van der Waals surface area contributed by atoms with Crippen LogP contribution < -0.4 is 0 Å². The molecule has 1 aliphatic carbocycles. The van der Waals surface area contributed by atoms with E-state index in [4.69, 9.17) is 0 Å². The van der Waals surface area contributed by atoms with Crippen molar-refractivity contribution in [3.8, 4) is 0 Å². The Morgan fingerprint density at radius 2 is 1.79 bits per heavy atom. The van der Waals surface area contributed by atoms with E-state index in [9.17, 15) is 9.90 Å². The highest BCUT2D eigenvalue weighted by Crippen LogP contribution is 2.33. The van der Waals surface area contributed by atoms with E-state index in [2.05, 4.69) is 4.99 Å². The smallest absolute Gasteiger partial charge is 0.168 e. The van der Waals surface area contributed by atoms with Crippen LogP contribution in [0.25, 0.3) is 0 Å². The molecule has 0 bridgehead atoms. The van der Waals surface area contributed by atoms with Crippen molar-refractivity contribution in [1.82, 2.24) is 0 Å². The number of aliphatic hydroxyl groups is 1. The molecule has 0 saturated heterocycles. The quantitative estimate of drug-likeness (QED) is 0.812. The number of allylic oxidation sites excluding steroid dienone is 2. The molecule has 1 aliphatic rings. The van der Waals surface area contributed by atoms with E-state index >= 15 is 0 Å². The first-order valence-electron chi connectivity index (χ1n) is 8.16. The number of hydrogen-bond donors (Lipinski definition) is 1. The van der Waals surface area contributed by atoms with Gasteiger partial charge in [0.25, 0.3) is 0 Å². The van der Waals surface area contributed by atoms with Crippen LogP contribution in [0.5, 0.6) is 0 Å². The fourth-order valence-corrected chi connectivity index (χ4v) is 2.96. The first kappa shape index (κ1) is 16.2. The van der Waals surface area contributed by atoms with E-state index in [1.807, 2.05) is 62.4 Å². The summed E-state index contributed by atoms with van der Waals surface area (Å²) in [5.74, 6) is 0.116. The Labute approximate surface area is 142 Å². The summed E-state index contributed by atoms with van der Waals surface area (Å²) in [7, 11) is 0. The molecule has 0 aliphatic heterocycles. The van der Waals surface area contributed by atoms with Crippen LogP contribution in [-0.4, -0.2) is 17.1 Å². The lowest BCUT2D eigenvalue weighted by Gasteiger charge is -2.22. The van der Waals surface area contributed by atoms with Crippen molar-refractivity contribution >= 4 is 17.7 Å². The van der Waals surface area contributed by atoms with Crippen LogP contribution in [-0.2, 0) is 4.79 Å². The number of ketones is 1. The molecule has 0 saturated carbocycles. The van der Waals surface area contributed by atoms with Crippen molar-refractivity contribution in [2.75, 3.05) is 0 Å². The number of aryl methyl sites for hydroxylation is 2.